The summed E-state index contributed by atoms with van der Waals surface area (Å²) in [7, 11) is 0. The molecule has 0 bridgehead atoms. The van der Waals surface area contributed by atoms with Gasteiger partial charge in [-0.2, -0.15) is 5.26 Å². The molecule has 0 spiro atoms. The van der Waals surface area contributed by atoms with Crippen LogP contribution in [0.5, 0.6) is 0 Å². The summed E-state index contributed by atoms with van der Waals surface area (Å²) in [5.74, 6) is 1.69. The molecule has 1 aliphatic carbocycles. The molecule has 3 rings (SSSR count). The number of aryl methyl sites for hydroxylation is 3. The Morgan fingerprint density at radius 2 is 1.81 bits per heavy atom. The van der Waals surface area contributed by atoms with Crippen LogP contribution in [0.4, 0.5) is 0 Å². The van der Waals surface area contributed by atoms with Crippen molar-refractivity contribution in [3.8, 4) is 6.07 Å². The molecule has 142 valence electrons. The van der Waals surface area contributed by atoms with Crippen molar-refractivity contribution in [2.45, 2.75) is 52.9 Å². The molecule has 1 amide bonds. The maximum Gasteiger partial charge on any atom is 0.287 e. The van der Waals surface area contributed by atoms with E-state index in [9.17, 15) is 4.79 Å². The molecule has 27 heavy (non-hydrogen) atoms. The predicted molar refractivity (Wildman–Crippen MR) is 106 cm³/mol. The lowest BCUT2D eigenvalue weighted by Gasteiger charge is -2.24. The molecule has 1 aromatic carbocycles. The first-order chi connectivity index (χ1) is 13.0. The van der Waals surface area contributed by atoms with Gasteiger partial charge in [0.1, 0.15) is 5.76 Å². The quantitative estimate of drug-likeness (QED) is 0.824. The Morgan fingerprint density at radius 1 is 1.15 bits per heavy atom. The largest absolute Gasteiger partial charge is 0.456 e. The zero-order valence-corrected chi connectivity index (χ0v) is 16.5. The van der Waals surface area contributed by atoms with E-state index >= 15 is 0 Å². The Morgan fingerprint density at radius 3 is 2.44 bits per heavy atom. The first kappa shape index (κ1) is 19.2. The first-order valence-corrected chi connectivity index (χ1v) is 9.79. The number of carbonyl (C=O) groups excluding carboxylic acids is 1. The highest BCUT2D eigenvalue weighted by atomic mass is 16.3. The zero-order valence-electron chi connectivity index (χ0n) is 16.5. The van der Waals surface area contributed by atoms with Crippen LogP contribution in [-0.2, 0) is 6.42 Å². The van der Waals surface area contributed by atoms with Crippen LogP contribution in [0.25, 0.3) is 0 Å². The smallest absolute Gasteiger partial charge is 0.287 e. The third-order valence-corrected chi connectivity index (χ3v) is 5.66. The highest BCUT2D eigenvalue weighted by molar-refractivity contribution is 5.91. The minimum Gasteiger partial charge on any atom is -0.456 e. The number of hydrogen-bond donors (Lipinski definition) is 1. The van der Waals surface area contributed by atoms with Crippen LogP contribution in [0.1, 0.15) is 64.3 Å². The summed E-state index contributed by atoms with van der Waals surface area (Å²) in [4.78, 5) is 12.4. The SMILES string of the molecule is Cc1cc(C)c(Cc2ccc(C(=O)NCC3CCC(C#N)CC3)o2)c(C)c1. The molecule has 0 aliphatic heterocycles. The van der Waals surface area contributed by atoms with E-state index in [2.05, 4.69) is 44.3 Å². The Balaban J connectivity index is 1.56. The van der Waals surface area contributed by atoms with Crippen LogP contribution in [0.3, 0.4) is 0 Å². The fraction of sp³-hybridized carbons (Fsp3) is 0.478. The van der Waals surface area contributed by atoms with Gasteiger partial charge in [-0.15, -0.1) is 0 Å². The number of carbonyl (C=O) groups is 1. The maximum absolute atomic E-state index is 12.4. The molecule has 1 N–H and O–H groups in total. The molecule has 2 aromatic rings. The number of nitrogens with zero attached hydrogens (tertiary/aromatic N) is 1. The number of furan rings is 1. The minimum atomic E-state index is -0.152. The summed E-state index contributed by atoms with van der Waals surface area (Å²) in [6.07, 6.45) is 4.60. The number of rotatable bonds is 5. The Kier molecular flexibility index (Phi) is 6.01. The first-order valence-electron chi connectivity index (χ1n) is 9.79. The topological polar surface area (TPSA) is 66.0 Å². The summed E-state index contributed by atoms with van der Waals surface area (Å²) in [5, 5.41) is 12.0. The maximum atomic E-state index is 12.4. The fourth-order valence-corrected chi connectivity index (χ4v) is 4.08. The molecule has 1 aliphatic rings. The van der Waals surface area contributed by atoms with Gasteiger partial charge >= 0.3 is 0 Å². The molecular formula is C23H28N2O2. The van der Waals surface area contributed by atoms with Crippen molar-refractivity contribution in [3.05, 3.63) is 58.0 Å². The van der Waals surface area contributed by atoms with Crippen molar-refractivity contribution >= 4 is 5.91 Å². The second-order valence-electron chi connectivity index (χ2n) is 7.88. The van der Waals surface area contributed by atoms with Crippen LogP contribution in [0.15, 0.2) is 28.7 Å². The van der Waals surface area contributed by atoms with Gasteiger partial charge < -0.3 is 9.73 Å². The second kappa shape index (κ2) is 8.43. The van der Waals surface area contributed by atoms with E-state index < -0.39 is 0 Å². The van der Waals surface area contributed by atoms with E-state index in [0.717, 1.165) is 31.4 Å². The molecule has 1 aromatic heterocycles. The molecular weight excluding hydrogens is 336 g/mol. The normalized spacial score (nSPS) is 19.5. The van der Waals surface area contributed by atoms with Crippen LogP contribution in [0.2, 0.25) is 0 Å². The summed E-state index contributed by atoms with van der Waals surface area (Å²) < 4.78 is 5.81. The van der Waals surface area contributed by atoms with E-state index in [0.29, 0.717) is 24.6 Å². The van der Waals surface area contributed by atoms with Crippen molar-refractivity contribution in [2.75, 3.05) is 6.54 Å². The van der Waals surface area contributed by atoms with E-state index in [4.69, 9.17) is 9.68 Å². The van der Waals surface area contributed by atoms with Crippen molar-refractivity contribution < 1.29 is 9.21 Å². The molecule has 0 radical (unpaired) electrons. The number of nitriles is 1. The molecule has 0 atom stereocenters. The van der Waals surface area contributed by atoms with E-state index in [-0.39, 0.29) is 11.8 Å². The van der Waals surface area contributed by atoms with Gasteiger partial charge in [0, 0.05) is 18.9 Å². The third-order valence-electron chi connectivity index (χ3n) is 5.66. The van der Waals surface area contributed by atoms with Gasteiger partial charge in [0.2, 0.25) is 0 Å². The van der Waals surface area contributed by atoms with Gasteiger partial charge in [-0.25, -0.2) is 0 Å². The Hall–Kier alpha value is -2.54. The molecule has 1 fully saturated rings. The van der Waals surface area contributed by atoms with E-state index in [1.807, 2.05) is 6.07 Å². The average Bonchev–Trinajstić information content (AvgIpc) is 3.12. The standard InChI is InChI=1S/C23H28N2O2/c1-15-10-16(2)21(17(3)11-15)12-20-8-9-22(27-20)23(26)25-14-19-6-4-18(13-24)5-7-19/h8-11,18-19H,4-7,12,14H2,1-3H3,(H,25,26). The molecule has 0 unspecified atom stereocenters. The predicted octanol–water partition coefficient (Wildman–Crippen LogP) is 4.86. The summed E-state index contributed by atoms with van der Waals surface area (Å²) in [6.45, 7) is 6.99. The Labute approximate surface area is 161 Å². The lowest BCUT2D eigenvalue weighted by molar-refractivity contribution is 0.0913. The van der Waals surface area contributed by atoms with Crippen molar-refractivity contribution in [3.63, 3.8) is 0 Å². The number of nitrogens with one attached hydrogen (secondary N) is 1. The highest BCUT2D eigenvalue weighted by Crippen LogP contribution is 2.28. The van der Waals surface area contributed by atoms with Crippen LogP contribution >= 0.6 is 0 Å². The summed E-state index contributed by atoms with van der Waals surface area (Å²) in [6, 6.07) is 10.4. The highest BCUT2D eigenvalue weighted by Gasteiger charge is 2.22. The van der Waals surface area contributed by atoms with Crippen molar-refractivity contribution in [1.82, 2.24) is 5.32 Å². The number of hydrogen-bond acceptors (Lipinski definition) is 3. The van der Waals surface area contributed by atoms with Crippen LogP contribution in [-0.4, -0.2) is 12.5 Å². The third kappa shape index (κ3) is 4.80. The lowest BCUT2D eigenvalue weighted by Crippen LogP contribution is -2.31. The van der Waals surface area contributed by atoms with E-state index in [1.165, 1.54) is 22.3 Å². The van der Waals surface area contributed by atoms with E-state index in [1.54, 1.807) is 6.07 Å². The summed E-state index contributed by atoms with van der Waals surface area (Å²) >= 11 is 0. The van der Waals surface area contributed by atoms with Crippen LogP contribution in [0, 0.1) is 43.9 Å². The van der Waals surface area contributed by atoms with Gasteiger partial charge in [0.15, 0.2) is 5.76 Å². The average molecular weight is 364 g/mol. The Bertz CT molecular complexity index is 828. The molecule has 1 saturated carbocycles. The minimum absolute atomic E-state index is 0.152. The van der Waals surface area contributed by atoms with Gasteiger partial charge in [-0.1, -0.05) is 17.7 Å². The van der Waals surface area contributed by atoms with Gasteiger partial charge in [0.05, 0.1) is 6.07 Å². The summed E-state index contributed by atoms with van der Waals surface area (Å²) in [5.41, 5.74) is 5.03. The second-order valence-corrected chi connectivity index (χ2v) is 7.88. The lowest BCUT2D eigenvalue weighted by atomic mass is 9.83. The molecule has 1 heterocycles. The van der Waals surface area contributed by atoms with Gasteiger partial charge in [0.25, 0.3) is 5.91 Å². The monoisotopic (exact) mass is 364 g/mol. The van der Waals surface area contributed by atoms with Gasteiger partial charge in [-0.3, -0.25) is 4.79 Å². The van der Waals surface area contributed by atoms with Crippen LogP contribution < -0.4 is 5.32 Å². The van der Waals surface area contributed by atoms with Crippen molar-refractivity contribution in [2.24, 2.45) is 11.8 Å². The van der Waals surface area contributed by atoms with Gasteiger partial charge in [-0.05, 0) is 81.2 Å². The fourth-order valence-electron chi connectivity index (χ4n) is 4.08. The number of benzene rings is 1. The molecule has 0 saturated heterocycles. The zero-order chi connectivity index (χ0) is 19.4. The number of amides is 1. The molecule has 4 heteroatoms. The van der Waals surface area contributed by atoms with Crippen molar-refractivity contribution in [1.29, 1.82) is 5.26 Å². The molecule has 4 nitrogen and oxygen atoms in total.